The van der Waals surface area contributed by atoms with Crippen molar-refractivity contribution in [2.45, 2.75) is 38.0 Å². The Morgan fingerprint density at radius 1 is 1.07 bits per heavy atom. The summed E-state index contributed by atoms with van der Waals surface area (Å²) in [7, 11) is -3.38. The van der Waals surface area contributed by atoms with Gasteiger partial charge in [-0.2, -0.15) is 4.31 Å². The smallest absolute Gasteiger partial charge is 0.251 e. The van der Waals surface area contributed by atoms with E-state index in [1.165, 1.54) is 21.9 Å². The molecular weight excluding hydrogens is 400 g/mol. The maximum absolute atomic E-state index is 12.7. The molecule has 0 bridgehead atoms. The lowest BCUT2D eigenvalue weighted by molar-refractivity contribution is 0.0729. The fraction of sp³-hybridized carbons (Fsp3) is 0.435. The topological polar surface area (TPSA) is 75.7 Å². The molecule has 2 aromatic carbocycles. The number of aryl methyl sites for hydroxylation is 2. The summed E-state index contributed by atoms with van der Waals surface area (Å²) in [6.07, 6.45) is 3.45. The number of amides is 1. The number of fused-ring (bicyclic) bond motifs is 1. The molecule has 0 radical (unpaired) electrons. The molecule has 1 fully saturated rings. The predicted octanol–water partition coefficient (Wildman–Crippen LogP) is 2.83. The minimum atomic E-state index is -3.38. The van der Waals surface area contributed by atoms with Gasteiger partial charge in [0.2, 0.25) is 10.0 Å². The van der Waals surface area contributed by atoms with Crippen molar-refractivity contribution in [3.05, 3.63) is 70.3 Å². The summed E-state index contributed by atoms with van der Waals surface area (Å²) in [6.45, 7) is 3.63. The molecule has 1 amide bonds. The van der Waals surface area contributed by atoms with Crippen LogP contribution in [0.1, 0.15) is 52.0 Å². The molecule has 1 saturated heterocycles. The quantitative estimate of drug-likeness (QED) is 0.768. The van der Waals surface area contributed by atoms with E-state index in [1.54, 1.807) is 24.3 Å². The molecule has 2 aromatic rings. The van der Waals surface area contributed by atoms with Crippen LogP contribution < -0.4 is 5.32 Å². The number of sulfonamides is 1. The number of hydrogen-bond donors (Lipinski definition) is 1. The Labute approximate surface area is 178 Å². The summed E-state index contributed by atoms with van der Waals surface area (Å²) < 4.78 is 31.8. The van der Waals surface area contributed by atoms with Gasteiger partial charge in [-0.3, -0.25) is 4.79 Å². The summed E-state index contributed by atoms with van der Waals surface area (Å²) in [5.74, 6) is -0.231. The molecule has 0 spiro atoms. The summed E-state index contributed by atoms with van der Waals surface area (Å²) in [4.78, 5) is 12.7. The number of ether oxygens (including phenoxy) is 1. The van der Waals surface area contributed by atoms with Crippen molar-refractivity contribution in [1.82, 2.24) is 9.62 Å². The lowest BCUT2D eigenvalue weighted by Gasteiger charge is -2.26. The fourth-order valence-electron chi connectivity index (χ4n) is 4.10. The Kier molecular flexibility index (Phi) is 6.22. The molecule has 1 N–H and O–H groups in total. The van der Waals surface area contributed by atoms with Crippen molar-refractivity contribution in [2.24, 2.45) is 0 Å². The van der Waals surface area contributed by atoms with Crippen LogP contribution in [-0.4, -0.2) is 44.9 Å². The Balaban J connectivity index is 1.38. The number of carbonyl (C=O) groups is 1. The van der Waals surface area contributed by atoms with Crippen molar-refractivity contribution in [2.75, 3.05) is 26.3 Å². The highest BCUT2D eigenvalue weighted by Gasteiger charge is 2.24. The van der Waals surface area contributed by atoms with Gasteiger partial charge in [-0.1, -0.05) is 30.3 Å². The zero-order chi connectivity index (χ0) is 21.1. The summed E-state index contributed by atoms with van der Waals surface area (Å²) >= 11 is 0. The molecule has 1 aliphatic carbocycles. The number of nitrogens with zero attached hydrogens (tertiary/aromatic N) is 1. The predicted molar refractivity (Wildman–Crippen MR) is 116 cm³/mol. The average Bonchev–Trinajstić information content (AvgIpc) is 3.22. The number of carbonyl (C=O) groups excluding carboxylic acids is 1. The maximum Gasteiger partial charge on any atom is 0.251 e. The van der Waals surface area contributed by atoms with Crippen LogP contribution in [0, 0.1) is 0 Å². The molecular formula is C23H28N2O4S. The molecule has 0 unspecified atom stereocenters. The number of hydrogen-bond acceptors (Lipinski definition) is 4. The SMILES string of the molecule is C[C@@H](NC(=O)c1ccc(CS(=O)(=O)N2CCOCC2)cc1)c1ccc2c(c1)CCC2. The Morgan fingerprint density at radius 2 is 1.77 bits per heavy atom. The third-order valence-electron chi connectivity index (χ3n) is 5.90. The van der Waals surface area contributed by atoms with Crippen molar-refractivity contribution < 1.29 is 17.9 Å². The largest absolute Gasteiger partial charge is 0.379 e. The Morgan fingerprint density at radius 3 is 2.50 bits per heavy atom. The second-order valence-corrected chi connectivity index (χ2v) is 10.0. The van der Waals surface area contributed by atoms with E-state index in [9.17, 15) is 13.2 Å². The molecule has 2 aliphatic rings. The van der Waals surface area contributed by atoms with Gasteiger partial charge in [0.15, 0.2) is 0 Å². The first-order chi connectivity index (χ1) is 14.4. The molecule has 7 heteroatoms. The van der Waals surface area contributed by atoms with Crippen LogP contribution >= 0.6 is 0 Å². The standard InChI is InChI=1S/C23H28N2O4S/c1-17(21-10-9-19-3-2-4-22(19)15-21)24-23(26)20-7-5-18(6-8-20)16-30(27,28)25-11-13-29-14-12-25/h5-10,15,17H,2-4,11-14,16H2,1H3,(H,24,26)/t17-/m1/s1. The maximum atomic E-state index is 12.7. The van der Waals surface area contributed by atoms with Crippen LogP contribution in [0.2, 0.25) is 0 Å². The lowest BCUT2D eigenvalue weighted by Crippen LogP contribution is -2.41. The van der Waals surface area contributed by atoms with E-state index in [0.29, 0.717) is 37.4 Å². The molecule has 160 valence electrons. The van der Waals surface area contributed by atoms with Crippen LogP contribution in [0.3, 0.4) is 0 Å². The van der Waals surface area contributed by atoms with E-state index >= 15 is 0 Å². The second-order valence-electron chi connectivity index (χ2n) is 8.04. The van der Waals surface area contributed by atoms with Gasteiger partial charge in [0, 0.05) is 18.7 Å². The zero-order valence-electron chi connectivity index (χ0n) is 17.3. The first-order valence-electron chi connectivity index (χ1n) is 10.5. The Bertz CT molecular complexity index is 1010. The van der Waals surface area contributed by atoms with Gasteiger partial charge >= 0.3 is 0 Å². The van der Waals surface area contributed by atoms with E-state index in [1.807, 2.05) is 6.92 Å². The highest BCUT2D eigenvalue weighted by Crippen LogP contribution is 2.25. The minimum absolute atomic E-state index is 0.0690. The van der Waals surface area contributed by atoms with Crippen molar-refractivity contribution in [3.63, 3.8) is 0 Å². The van der Waals surface area contributed by atoms with Gasteiger partial charge in [0.25, 0.3) is 5.91 Å². The van der Waals surface area contributed by atoms with Crippen LogP contribution in [0.15, 0.2) is 42.5 Å². The number of morpholine rings is 1. The highest BCUT2D eigenvalue weighted by atomic mass is 32.2. The van der Waals surface area contributed by atoms with Gasteiger partial charge in [0.05, 0.1) is 25.0 Å². The summed E-state index contributed by atoms with van der Waals surface area (Å²) in [5, 5.41) is 3.04. The van der Waals surface area contributed by atoms with Crippen molar-refractivity contribution in [1.29, 1.82) is 0 Å². The molecule has 1 atom stereocenters. The van der Waals surface area contributed by atoms with Gasteiger partial charge in [-0.05, 0) is 60.6 Å². The van der Waals surface area contributed by atoms with E-state index < -0.39 is 10.0 Å². The lowest BCUT2D eigenvalue weighted by atomic mass is 10.0. The third-order valence-corrected chi connectivity index (χ3v) is 7.75. The normalized spacial score (nSPS) is 18.0. The molecule has 0 aromatic heterocycles. The Hall–Kier alpha value is -2.22. The van der Waals surface area contributed by atoms with Crippen LogP contribution in [0.5, 0.6) is 0 Å². The van der Waals surface area contributed by atoms with Gasteiger partial charge in [-0.15, -0.1) is 0 Å². The van der Waals surface area contributed by atoms with E-state index in [0.717, 1.165) is 18.4 Å². The van der Waals surface area contributed by atoms with Crippen LogP contribution in [-0.2, 0) is 33.4 Å². The van der Waals surface area contributed by atoms with E-state index in [2.05, 4.69) is 23.5 Å². The second kappa shape index (κ2) is 8.88. The third kappa shape index (κ3) is 4.74. The highest BCUT2D eigenvalue weighted by molar-refractivity contribution is 7.88. The van der Waals surface area contributed by atoms with Gasteiger partial charge in [0.1, 0.15) is 0 Å². The molecule has 0 saturated carbocycles. The van der Waals surface area contributed by atoms with Gasteiger partial charge in [-0.25, -0.2) is 8.42 Å². The fourth-order valence-corrected chi connectivity index (χ4v) is 5.61. The molecule has 6 nitrogen and oxygen atoms in total. The van der Waals surface area contributed by atoms with E-state index in [-0.39, 0.29) is 17.7 Å². The minimum Gasteiger partial charge on any atom is -0.379 e. The van der Waals surface area contributed by atoms with Crippen molar-refractivity contribution >= 4 is 15.9 Å². The van der Waals surface area contributed by atoms with Crippen molar-refractivity contribution in [3.8, 4) is 0 Å². The monoisotopic (exact) mass is 428 g/mol. The zero-order valence-corrected chi connectivity index (χ0v) is 18.1. The first-order valence-corrected chi connectivity index (χ1v) is 12.1. The van der Waals surface area contributed by atoms with Crippen LogP contribution in [0.4, 0.5) is 0 Å². The van der Waals surface area contributed by atoms with Crippen LogP contribution in [0.25, 0.3) is 0 Å². The number of benzene rings is 2. The average molecular weight is 429 g/mol. The molecule has 1 aliphatic heterocycles. The molecule has 30 heavy (non-hydrogen) atoms. The summed E-state index contributed by atoms with van der Waals surface area (Å²) in [5.41, 5.74) is 5.11. The summed E-state index contributed by atoms with van der Waals surface area (Å²) in [6, 6.07) is 13.2. The number of rotatable bonds is 6. The first kappa shape index (κ1) is 21.0. The molecule has 1 heterocycles. The van der Waals surface area contributed by atoms with Gasteiger partial charge < -0.3 is 10.1 Å². The molecule has 4 rings (SSSR count). The number of nitrogens with one attached hydrogen (secondary N) is 1. The van der Waals surface area contributed by atoms with E-state index in [4.69, 9.17) is 4.74 Å².